The number of carbonyl (C=O) groups excluding carboxylic acids is 2. The second-order valence-corrected chi connectivity index (χ2v) is 16.8. The number of hydrogen-bond acceptors (Lipinski definition) is 7. The number of rotatable bonds is 38. The van der Waals surface area contributed by atoms with Gasteiger partial charge in [0, 0.05) is 12.8 Å². The van der Waals surface area contributed by atoms with E-state index in [2.05, 4.69) is 86.8 Å². The number of phosphoric ester groups is 1. The van der Waals surface area contributed by atoms with Crippen molar-refractivity contribution in [2.24, 2.45) is 0 Å². The van der Waals surface area contributed by atoms with Crippen molar-refractivity contribution >= 4 is 19.8 Å². The van der Waals surface area contributed by atoms with Gasteiger partial charge < -0.3 is 18.9 Å². The third-order valence-corrected chi connectivity index (χ3v) is 9.69. The van der Waals surface area contributed by atoms with Crippen LogP contribution in [0.25, 0.3) is 0 Å². The zero-order chi connectivity index (χ0) is 41.4. The molecule has 0 aromatic rings. The maximum Gasteiger partial charge on any atom is 0.472 e. The highest BCUT2D eigenvalue weighted by atomic mass is 31.2. The fourth-order valence-corrected chi connectivity index (χ4v) is 6.00. The van der Waals surface area contributed by atoms with Crippen LogP contribution in [0.3, 0.4) is 0 Å². The standard InChI is InChI=1S/C46H80NO8P/c1-6-8-10-12-14-16-18-20-22-23-25-26-28-30-32-34-36-38-45(48)52-42-44(43-54-56(50,51)53-41-40-47(3,4)5)55-46(49)39-37-35-33-31-29-27-24-21-19-17-15-13-11-9-7-2/h14-17,20-22,24-26,29,31,44H,6-13,18-19,23,27-28,30,32-43H2,1-5H3/p+1/b16-14-,17-15-,22-20-,24-21-,26-25-,31-29-/t44-/m1/s1. The number of quaternary nitrogens is 1. The Kier molecular flexibility index (Phi) is 36.3. The maximum atomic E-state index is 12.7. The van der Waals surface area contributed by atoms with E-state index in [1.807, 2.05) is 21.1 Å². The highest BCUT2D eigenvalue weighted by Gasteiger charge is 2.27. The summed E-state index contributed by atoms with van der Waals surface area (Å²) in [6.45, 7) is 4.27. The molecular formula is C46H81NO8P+. The topological polar surface area (TPSA) is 108 Å². The van der Waals surface area contributed by atoms with Crippen LogP contribution in [0.1, 0.15) is 155 Å². The number of likely N-dealkylation sites (N-methyl/N-ethyl adjacent to an activating group) is 1. The number of nitrogens with zero attached hydrogens (tertiary/aromatic N) is 1. The van der Waals surface area contributed by atoms with Gasteiger partial charge >= 0.3 is 19.8 Å². The Morgan fingerprint density at radius 1 is 0.554 bits per heavy atom. The maximum absolute atomic E-state index is 12.7. The van der Waals surface area contributed by atoms with Crippen LogP contribution in [0.15, 0.2) is 72.9 Å². The van der Waals surface area contributed by atoms with Gasteiger partial charge in [0.2, 0.25) is 0 Å². The molecular weight excluding hydrogens is 725 g/mol. The molecule has 9 nitrogen and oxygen atoms in total. The van der Waals surface area contributed by atoms with E-state index < -0.39 is 32.5 Å². The average Bonchev–Trinajstić information content (AvgIpc) is 3.15. The largest absolute Gasteiger partial charge is 0.472 e. The van der Waals surface area contributed by atoms with E-state index in [0.29, 0.717) is 23.9 Å². The van der Waals surface area contributed by atoms with Gasteiger partial charge in [-0.1, -0.05) is 125 Å². The summed E-state index contributed by atoms with van der Waals surface area (Å²) in [4.78, 5) is 35.3. The minimum absolute atomic E-state index is 0.0168. The highest BCUT2D eigenvalue weighted by Crippen LogP contribution is 2.43. The lowest BCUT2D eigenvalue weighted by atomic mass is 10.1. The Balaban J connectivity index is 4.50. The highest BCUT2D eigenvalue weighted by molar-refractivity contribution is 7.47. The molecule has 0 aliphatic rings. The molecule has 56 heavy (non-hydrogen) atoms. The fourth-order valence-electron chi connectivity index (χ4n) is 5.26. The fraction of sp³-hybridized carbons (Fsp3) is 0.696. The SMILES string of the molecule is CCCCC/C=C\C/C=C\C/C=C\CCCCCCC(=O)OC[C@H](COP(=O)(O)OCC[N+](C)(C)C)OC(=O)CCCC/C=C\C/C=C\C/C=C\CCCCC. The number of ether oxygens (including phenoxy) is 2. The number of hydrogen-bond donors (Lipinski definition) is 1. The van der Waals surface area contributed by atoms with Gasteiger partial charge in [0.15, 0.2) is 6.10 Å². The molecule has 0 fully saturated rings. The molecule has 0 aromatic carbocycles. The molecule has 0 spiro atoms. The number of carbonyl (C=O) groups is 2. The minimum atomic E-state index is -4.39. The summed E-state index contributed by atoms with van der Waals surface area (Å²) < 4.78 is 34.2. The Bertz CT molecular complexity index is 1180. The third-order valence-electron chi connectivity index (χ3n) is 8.71. The van der Waals surface area contributed by atoms with Crippen molar-refractivity contribution in [2.45, 2.75) is 161 Å². The van der Waals surface area contributed by atoms with Crippen LogP contribution in [0.4, 0.5) is 0 Å². The van der Waals surface area contributed by atoms with Gasteiger partial charge in [0.25, 0.3) is 0 Å². The molecule has 1 N–H and O–H groups in total. The first-order chi connectivity index (χ1) is 27.0. The molecule has 0 aliphatic heterocycles. The molecule has 0 heterocycles. The summed E-state index contributed by atoms with van der Waals surface area (Å²) in [6.07, 6.45) is 46.6. The smallest absolute Gasteiger partial charge is 0.462 e. The van der Waals surface area contributed by atoms with E-state index in [-0.39, 0.29) is 26.1 Å². The molecule has 2 atom stereocenters. The average molecular weight is 807 g/mol. The van der Waals surface area contributed by atoms with Crippen molar-refractivity contribution in [1.82, 2.24) is 0 Å². The molecule has 0 amide bonds. The normalized spacial score (nSPS) is 14.3. The van der Waals surface area contributed by atoms with Crippen molar-refractivity contribution in [3.8, 4) is 0 Å². The second kappa shape index (κ2) is 38.0. The van der Waals surface area contributed by atoms with Crippen LogP contribution in [0.5, 0.6) is 0 Å². The van der Waals surface area contributed by atoms with E-state index in [9.17, 15) is 19.0 Å². The van der Waals surface area contributed by atoms with Crippen molar-refractivity contribution in [3.63, 3.8) is 0 Å². The van der Waals surface area contributed by atoms with Crippen LogP contribution >= 0.6 is 7.82 Å². The van der Waals surface area contributed by atoms with Crippen LogP contribution in [0, 0.1) is 0 Å². The molecule has 0 radical (unpaired) electrons. The number of allylic oxidation sites excluding steroid dienone is 12. The molecule has 10 heteroatoms. The van der Waals surface area contributed by atoms with Crippen LogP contribution in [-0.2, 0) is 32.7 Å². The van der Waals surface area contributed by atoms with Crippen molar-refractivity contribution in [1.29, 1.82) is 0 Å². The van der Waals surface area contributed by atoms with Gasteiger partial charge in [0.1, 0.15) is 19.8 Å². The first-order valence-electron chi connectivity index (χ1n) is 21.7. The predicted molar refractivity (Wildman–Crippen MR) is 233 cm³/mol. The zero-order valence-corrected chi connectivity index (χ0v) is 37.0. The lowest BCUT2D eigenvalue weighted by Crippen LogP contribution is -2.37. The summed E-state index contributed by atoms with van der Waals surface area (Å²) in [6, 6.07) is 0. The second-order valence-electron chi connectivity index (χ2n) is 15.4. The minimum Gasteiger partial charge on any atom is -0.462 e. The number of esters is 2. The summed E-state index contributed by atoms with van der Waals surface area (Å²) in [5.74, 6) is -0.876. The van der Waals surface area contributed by atoms with E-state index in [1.165, 1.54) is 44.9 Å². The van der Waals surface area contributed by atoms with Crippen LogP contribution < -0.4 is 0 Å². The zero-order valence-electron chi connectivity index (χ0n) is 36.1. The van der Waals surface area contributed by atoms with Gasteiger partial charge in [0.05, 0.1) is 27.7 Å². The Morgan fingerprint density at radius 3 is 1.45 bits per heavy atom. The molecule has 0 aromatic heterocycles. The molecule has 0 bridgehead atoms. The Morgan fingerprint density at radius 2 is 0.964 bits per heavy atom. The van der Waals surface area contributed by atoms with E-state index in [1.54, 1.807) is 0 Å². The molecule has 0 rings (SSSR count). The summed E-state index contributed by atoms with van der Waals surface area (Å²) in [7, 11) is 1.43. The predicted octanol–water partition coefficient (Wildman–Crippen LogP) is 12.2. The van der Waals surface area contributed by atoms with Crippen LogP contribution in [-0.4, -0.2) is 74.9 Å². The summed E-state index contributed by atoms with van der Waals surface area (Å²) >= 11 is 0. The Labute approximate surface area is 342 Å². The molecule has 1 unspecified atom stereocenters. The quantitative estimate of drug-likeness (QED) is 0.0216. The Hall–Kier alpha value is -2.55. The van der Waals surface area contributed by atoms with Crippen molar-refractivity contribution in [3.05, 3.63) is 72.9 Å². The third kappa shape index (κ3) is 41.1. The van der Waals surface area contributed by atoms with Gasteiger partial charge in [-0.2, -0.15) is 0 Å². The van der Waals surface area contributed by atoms with Gasteiger partial charge in [-0.3, -0.25) is 18.6 Å². The lowest BCUT2D eigenvalue weighted by molar-refractivity contribution is -0.870. The molecule has 322 valence electrons. The van der Waals surface area contributed by atoms with Crippen molar-refractivity contribution < 1.29 is 42.1 Å². The molecule has 0 saturated heterocycles. The number of unbranched alkanes of at least 4 members (excludes halogenated alkanes) is 12. The van der Waals surface area contributed by atoms with Gasteiger partial charge in [-0.05, 0) is 89.9 Å². The first-order valence-corrected chi connectivity index (χ1v) is 23.2. The van der Waals surface area contributed by atoms with Gasteiger partial charge in [-0.25, -0.2) is 4.57 Å². The van der Waals surface area contributed by atoms with Gasteiger partial charge in [-0.15, -0.1) is 0 Å². The number of phosphoric acid groups is 1. The molecule has 0 saturated carbocycles. The van der Waals surface area contributed by atoms with Crippen molar-refractivity contribution in [2.75, 3.05) is 47.5 Å². The summed E-state index contributed by atoms with van der Waals surface area (Å²) in [5.41, 5.74) is 0. The monoisotopic (exact) mass is 807 g/mol. The van der Waals surface area contributed by atoms with E-state index in [4.69, 9.17) is 18.5 Å². The summed E-state index contributed by atoms with van der Waals surface area (Å²) in [5, 5.41) is 0. The van der Waals surface area contributed by atoms with Crippen LogP contribution in [0.2, 0.25) is 0 Å². The lowest BCUT2D eigenvalue weighted by Gasteiger charge is -2.24. The van der Waals surface area contributed by atoms with E-state index in [0.717, 1.165) is 70.6 Å². The molecule has 0 aliphatic carbocycles. The van der Waals surface area contributed by atoms with E-state index >= 15 is 0 Å². The first kappa shape index (κ1) is 53.5.